The minimum Gasteiger partial charge on any atom is -0.481 e. The van der Waals surface area contributed by atoms with Gasteiger partial charge in [-0.2, -0.15) is 0 Å². The molecule has 0 aliphatic carbocycles. The van der Waals surface area contributed by atoms with Crippen LogP contribution >= 0.6 is 0 Å². The monoisotopic (exact) mass is 319 g/mol. The predicted molar refractivity (Wildman–Crippen MR) is 74.7 cm³/mol. The summed E-state index contributed by atoms with van der Waals surface area (Å²) in [6, 6.07) is 0. The first kappa shape index (κ1) is 16.1. The summed E-state index contributed by atoms with van der Waals surface area (Å²) in [6.45, 7) is 5.29. The Balaban J connectivity index is 2.23. The molecule has 2 aliphatic rings. The van der Waals surface area contributed by atoms with Crippen LogP contribution in [0.1, 0.15) is 33.6 Å². The number of hydrogen-bond donors (Lipinski definition) is 1. The van der Waals surface area contributed by atoms with E-state index in [0.717, 1.165) is 0 Å². The minimum atomic E-state index is -3.52. The Hall–Kier alpha value is -1.31. The van der Waals surface area contributed by atoms with Crippen molar-refractivity contribution >= 4 is 21.9 Å². The topological polar surface area (TPSA) is 101 Å². The van der Waals surface area contributed by atoms with Crippen LogP contribution in [0.25, 0.3) is 0 Å². The van der Waals surface area contributed by atoms with Gasteiger partial charge in [0.05, 0.1) is 11.7 Å². The number of likely N-dealkylation sites (tertiary alicyclic amines) is 1. The van der Waals surface area contributed by atoms with Crippen LogP contribution in [0.15, 0.2) is 0 Å². The Morgan fingerprint density at radius 1 is 1.33 bits per heavy atom. The largest absolute Gasteiger partial charge is 0.481 e. The zero-order valence-electron chi connectivity index (χ0n) is 12.5. The van der Waals surface area contributed by atoms with Crippen LogP contribution < -0.4 is 0 Å². The van der Waals surface area contributed by atoms with E-state index in [-0.39, 0.29) is 31.7 Å². The average Bonchev–Trinajstić information content (AvgIpc) is 2.82. The molecule has 7 nitrogen and oxygen atoms in total. The van der Waals surface area contributed by atoms with Crippen LogP contribution in [-0.2, 0) is 19.4 Å². The first-order valence-electron chi connectivity index (χ1n) is 6.92. The van der Waals surface area contributed by atoms with Gasteiger partial charge in [0, 0.05) is 13.1 Å². The Morgan fingerprint density at radius 2 is 1.95 bits per heavy atom. The van der Waals surface area contributed by atoms with Crippen molar-refractivity contribution in [3.05, 3.63) is 0 Å². The highest BCUT2D eigenvalue weighted by Crippen LogP contribution is 2.45. The number of carbonyl (C=O) groups is 2. The van der Waals surface area contributed by atoms with Crippen LogP contribution in [0, 0.1) is 5.92 Å². The third kappa shape index (κ3) is 2.73. The van der Waals surface area contributed by atoms with Gasteiger partial charge in [0.2, 0.25) is 0 Å². The molecule has 2 aliphatic heterocycles. The molecule has 120 valence electrons. The molecule has 0 aromatic heterocycles. The highest BCUT2D eigenvalue weighted by atomic mass is 32.2. The fraction of sp³-hybridized carbons (Fsp3) is 0.846. The van der Waals surface area contributed by atoms with Gasteiger partial charge in [-0.3, -0.25) is 4.79 Å². The molecule has 2 heterocycles. The van der Waals surface area contributed by atoms with Crippen molar-refractivity contribution in [2.24, 2.45) is 5.92 Å². The lowest BCUT2D eigenvalue weighted by Crippen LogP contribution is -2.47. The second-order valence-electron chi connectivity index (χ2n) is 6.72. The molecule has 1 N–H and O–H groups in total. The van der Waals surface area contributed by atoms with E-state index in [1.165, 1.54) is 4.90 Å². The highest BCUT2D eigenvalue weighted by Gasteiger charge is 2.61. The van der Waals surface area contributed by atoms with E-state index in [4.69, 9.17) is 4.74 Å². The first-order valence-corrected chi connectivity index (χ1v) is 8.57. The van der Waals surface area contributed by atoms with Gasteiger partial charge >= 0.3 is 12.1 Å². The summed E-state index contributed by atoms with van der Waals surface area (Å²) in [5.41, 5.74) is -0.673. The van der Waals surface area contributed by atoms with Crippen LogP contribution in [0.5, 0.6) is 0 Å². The molecule has 8 heteroatoms. The van der Waals surface area contributed by atoms with Gasteiger partial charge in [-0.25, -0.2) is 13.2 Å². The minimum absolute atomic E-state index is 0.0960. The predicted octanol–water partition coefficient (Wildman–Crippen LogP) is 0.885. The molecule has 0 saturated carbocycles. The third-order valence-corrected chi connectivity index (χ3v) is 6.77. The number of rotatable bonds is 1. The van der Waals surface area contributed by atoms with E-state index in [1.807, 2.05) is 0 Å². The lowest BCUT2D eigenvalue weighted by molar-refractivity contribution is -0.142. The van der Waals surface area contributed by atoms with Gasteiger partial charge in [0.15, 0.2) is 9.84 Å². The molecule has 0 radical (unpaired) electrons. The molecule has 0 unspecified atom stereocenters. The molecule has 2 atom stereocenters. The summed E-state index contributed by atoms with van der Waals surface area (Å²) in [5.74, 6) is -2.19. The Morgan fingerprint density at radius 3 is 2.48 bits per heavy atom. The highest BCUT2D eigenvalue weighted by molar-refractivity contribution is 7.93. The molecular weight excluding hydrogens is 298 g/mol. The van der Waals surface area contributed by atoms with Gasteiger partial charge < -0.3 is 14.7 Å². The fourth-order valence-electron chi connectivity index (χ4n) is 3.13. The maximum atomic E-state index is 12.3. The number of aliphatic carboxylic acids is 1. The Bertz CT molecular complexity index is 564. The third-order valence-electron chi connectivity index (χ3n) is 4.14. The average molecular weight is 319 g/mol. The molecule has 2 saturated heterocycles. The standard InChI is InChI=1S/C13H21NO6S/c1-12(2,3)20-11(17)14-6-5-13(8-14)9(10(15)16)4-7-21(13,18)19/h9H,4-8H2,1-3H3,(H,15,16)/t9-,13-/m0/s1. The molecule has 1 amide bonds. The van der Waals surface area contributed by atoms with Crippen molar-refractivity contribution < 1.29 is 27.9 Å². The smallest absolute Gasteiger partial charge is 0.410 e. The molecule has 2 rings (SSSR count). The fourth-order valence-corrected chi connectivity index (χ4v) is 5.49. The number of carboxylic acids is 1. The van der Waals surface area contributed by atoms with E-state index in [0.29, 0.717) is 0 Å². The van der Waals surface area contributed by atoms with Crippen molar-refractivity contribution in [3.63, 3.8) is 0 Å². The number of carboxylic acid groups (broad SMARTS) is 1. The maximum Gasteiger partial charge on any atom is 0.410 e. The second-order valence-corrected chi connectivity index (χ2v) is 9.17. The van der Waals surface area contributed by atoms with Crippen LogP contribution in [0.3, 0.4) is 0 Å². The van der Waals surface area contributed by atoms with Crippen molar-refractivity contribution in [2.45, 2.75) is 44.0 Å². The number of ether oxygens (including phenoxy) is 1. The zero-order valence-corrected chi connectivity index (χ0v) is 13.3. The summed E-state index contributed by atoms with van der Waals surface area (Å²) in [7, 11) is -3.52. The normalized spacial score (nSPS) is 31.6. The van der Waals surface area contributed by atoms with E-state index >= 15 is 0 Å². The lowest BCUT2D eigenvalue weighted by Gasteiger charge is -2.28. The van der Waals surface area contributed by atoms with Gasteiger partial charge in [0.1, 0.15) is 10.3 Å². The van der Waals surface area contributed by atoms with Crippen molar-refractivity contribution in [1.82, 2.24) is 4.90 Å². The SMILES string of the molecule is CC(C)(C)OC(=O)N1CC[C@]2(C1)[C@H](C(=O)O)CCS2(=O)=O. The van der Waals surface area contributed by atoms with Gasteiger partial charge in [-0.05, 0) is 33.6 Å². The van der Waals surface area contributed by atoms with Crippen molar-refractivity contribution in [1.29, 1.82) is 0 Å². The summed E-state index contributed by atoms with van der Waals surface area (Å²) in [4.78, 5) is 24.7. The Labute approximate surface area is 124 Å². The molecule has 0 bridgehead atoms. The number of amides is 1. The number of carbonyl (C=O) groups excluding carboxylic acids is 1. The van der Waals surface area contributed by atoms with Gasteiger partial charge in [-0.15, -0.1) is 0 Å². The number of hydrogen-bond acceptors (Lipinski definition) is 5. The molecule has 21 heavy (non-hydrogen) atoms. The zero-order chi connectivity index (χ0) is 16.1. The second kappa shape index (κ2) is 4.86. The van der Waals surface area contributed by atoms with E-state index in [2.05, 4.69) is 0 Å². The van der Waals surface area contributed by atoms with Crippen LogP contribution in [0.2, 0.25) is 0 Å². The first-order chi connectivity index (χ1) is 9.48. The summed E-state index contributed by atoms with van der Waals surface area (Å²) in [5, 5.41) is 9.28. The van der Waals surface area contributed by atoms with Crippen molar-refractivity contribution in [2.75, 3.05) is 18.8 Å². The summed E-state index contributed by atoms with van der Waals surface area (Å²) >= 11 is 0. The Kier molecular flexibility index (Phi) is 3.72. The molecule has 0 aromatic rings. The molecule has 1 spiro atoms. The van der Waals surface area contributed by atoms with Crippen LogP contribution in [0.4, 0.5) is 4.79 Å². The quantitative estimate of drug-likeness (QED) is 0.770. The van der Waals surface area contributed by atoms with Gasteiger partial charge in [0.25, 0.3) is 0 Å². The molecular formula is C13H21NO6S. The molecule has 2 fully saturated rings. The lowest BCUT2D eigenvalue weighted by atomic mass is 9.89. The van der Waals surface area contributed by atoms with E-state index < -0.39 is 38.2 Å². The van der Waals surface area contributed by atoms with E-state index in [9.17, 15) is 23.1 Å². The maximum absolute atomic E-state index is 12.3. The summed E-state index contributed by atoms with van der Waals surface area (Å²) in [6.07, 6.45) is -0.323. The van der Waals surface area contributed by atoms with E-state index in [1.54, 1.807) is 20.8 Å². The van der Waals surface area contributed by atoms with Crippen LogP contribution in [-0.4, -0.2) is 59.7 Å². The summed E-state index contributed by atoms with van der Waals surface area (Å²) < 4.78 is 28.5. The number of nitrogens with zero attached hydrogens (tertiary/aromatic N) is 1. The van der Waals surface area contributed by atoms with Gasteiger partial charge in [-0.1, -0.05) is 0 Å². The van der Waals surface area contributed by atoms with Crippen molar-refractivity contribution in [3.8, 4) is 0 Å². The molecule has 0 aromatic carbocycles. The number of sulfone groups is 1.